The predicted octanol–water partition coefficient (Wildman–Crippen LogP) is 5.68. The Morgan fingerprint density at radius 2 is 1.97 bits per heavy atom. The summed E-state index contributed by atoms with van der Waals surface area (Å²) in [4.78, 5) is 17.5. The van der Waals surface area contributed by atoms with E-state index in [4.69, 9.17) is 9.84 Å². The van der Waals surface area contributed by atoms with Gasteiger partial charge in [-0.15, -0.1) is 0 Å². The van der Waals surface area contributed by atoms with Gasteiger partial charge in [-0.1, -0.05) is 18.1 Å². The van der Waals surface area contributed by atoms with Gasteiger partial charge in [-0.3, -0.25) is 14.7 Å². The number of carboxylic acids is 1. The molecule has 1 aromatic heterocycles. The van der Waals surface area contributed by atoms with Gasteiger partial charge >= 0.3 is 12.1 Å². The number of hydrogen-bond donors (Lipinski definition) is 1. The lowest BCUT2D eigenvalue weighted by molar-refractivity contribution is -0.147. The SMILES string of the molecule is CC1=C(CN2CC(C(=O)O)C2)CCc2cc(OCc3cc(C(F)(F)F)c(C4CCC4)cn3)ccc21. The van der Waals surface area contributed by atoms with E-state index in [1.165, 1.54) is 17.3 Å². The molecule has 0 spiro atoms. The Bertz CT molecular complexity index is 1160. The number of pyridine rings is 1. The minimum atomic E-state index is -4.40. The van der Waals surface area contributed by atoms with E-state index < -0.39 is 17.7 Å². The third-order valence-corrected chi connectivity index (χ3v) is 7.66. The quantitative estimate of drug-likeness (QED) is 0.545. The zero-order chi connectivity index (χ0) is 24.7. The first-order chi connectivity index (χ1) is 16.7. The number of aliphatic carboxylic acids is 1. The Morgan fingerprint density at radius 3 is 2.63 bits per heavy atom. The highest BCUT2D eigenvalue weighted by molar-refractivity contribution is 5.73. The number of nitrogens with zero attached hydrogens (tertiary/aromatic N) is 2. The molecule has 5 rings (SSSR count). The number of rotatable bonds is 7. The maximum atomic E-state index is 13.6. The Balaban J connectivity index is 1.25. The summed E-state index contributed by atoms with van der Waals surface area (Å²) in [5, 5.41) is 9.07. The number of benzene rings is 1. The molecule has 2 aliphatic carbocycles. The summed E-state index contributed by atoms with van der Waals surface area (Å²) in [7, 11) is 0. The summed E-state index contributed by atoms with van der Waals surface area (Å²) in [6, 6.07) is 6.95. The van der Waals surface area contributed by atoms with Crippen LogP contribution < -0.4 is 4.74 Å². The molecule has 0 unspecified atom stereocenters. The molecule has 0 amide bonds. The van der Waals surface area contributed by atoms with Crippen molar-refractivity contribution >= 4 is 11.5 Å². The van der Waals surface area contributed by atoms with Crippen molar-refractivity contribution < 1.29 is 27.8 Å². The van der Waals surface area contributed by atoms with Crippen molar-refractivity contribution in [2.75, 3.05) is 19.6 Å². The molecule has 1 N–H and O–H groups in total. The van der Waals surface area contributed by atoms with Crippen LogP contribution in [-0.2, 0) is 24.0 Å². The van der Waals surface area contributed by atoms with Crippen LogP contribution in [0.2, 0.25) is 0 Å². The highest BCUT2D eigenvalue weighted by atomic mass is 19.4. The van der Waals surface area contributed by atoms with Crippen LogP contribution in [0.5, 0.6) is 5.75 Å². The third kappa shape index (κ3) is 4.94. The third-order valence-electron chi connectivity index (χ3n) is 7.66. The van der Waals surface area contributed by atoms with E-state index in [0.717, 1.165) is 55.8 Å². The second-order valence-corrected chi connectivity index (χ2v) is 9.95. The van der Waals surface area contributed by atoms with Crippen molar-refractivity contribution in [2.45, 2.75) is 57.7 Å². The topological polar surface area (TPSA) is 62.7 Å². The van der Waals surface area contributed by atoms with Gasteiger partial charge in [0.1, 0.15) is 12.4 Å². The van der Waals surface area contributed by atoms with Crippen LogP contribution in [0.1, 0.15) is 66.5 Å². The smallest absolute Gasteiger partial charge is 0.416 e. The predicted molar refractivity (Wildman–Crippen MR) is 125 cm³/mol. The van der Waals surface area contributed by atoms with Gasteiger partial charge in [-0.2, -0.15) is 13.2 Å². The number of fused-ring (bicyclic) bond motifs is 1. The van der Waals surface area contributed by atoms with Crippen LogP contribution in [0, 0.1) is 5.92 Å². The number of ether oxygens (including phenoxy) is 1. The standard InChI is InChI=1S/C27H29F3N2O3/c1-16-19(12-32-13-20(14-32)26(33)34)6-5-18-9-22(7-8-23(16)18)35-15-21-10-25(27(28,29)30)24(11-31-21)17-3-2-4-17/h7-11,17,20H,2-6,12-15H2,1H3,(H,33,34). The average Bonchev–Trinajstić information content (AvgIpc) is 2.74. The van der Waals surface area contributed by atoms with E-state index in [2.05, 4.69) is 16.8 Å². The summed E-state index contributed by atoms with van der Waals surface area (Å²) < 4.78 is 46.7. The van der Waals surface area contributed by atoms with Crippen molar-refractivity contribution in [1.82, 2.24) is 9.88 Å². The molecule has 1 saturated carbocycles. The van der Waals surface area contributed by atoms with Gasteiger partial charge in [0.25, 0.3) is 0 Å². The van der Waals surface area contributed by atoms with Gasteiger partial charge in [-0.05, 0) is 79.0 Å². The van der Waals surface area contributed by atoms with Crippen molar-refractivity contribution in [1.29, 1.82) is 0 Å². The molecule has 1 saturated heterocycles. The molecule has 3 aliphatic rings. The number of hydrogen-bond acceptors (Lipinski definition) is 4. The molecule has 186 valence electrons. The minimum absolute atomic E-state index is 0.0212. The first kappa shape index (κ1) is 23.9. The van der Waals surface area contributed by atoms with Crippen LogP contribution in [0.4, 0.5) is 13.2 Å². The molecule has 2 aromatic rings. The minimum Gasteiger partial charge on any atom is -0.487 e. The second kappa shape index (κ2) is 9.30. The van der Waals surface area contributed by atoms with Gasteiger partial charge in [0.2, 0.25) is 0 Å². The Kier molecular flexibility index (Phi) is 6.34. The summed E-state index contributed by atoms with van der Waals surface area (Å²) >= 11 is 0. The highest BCUT2D eigenvalue weighted by Crippen LogP contribution is 2.43. The summed E-state index contributed by atoms with van der Waals surface area (Å²) in [6.07, 6.45) is 1.26. The summed E-state index contributed by atoms with van der Waals surface area (Å²) in [6.45, 7) is 4.05. The molecule has 1 aliphatic heterocycles. The van der Waals surface area contributed by atoms with E-state index in [-0.39, 0.29) is 24.1 Å². The van der Waals surface area contributed by atoms with Crippen LogP contribution in [0.3, 0.4) is 0 Å². The van der Waals surface area contributed by atoms with Gasteiger partial charge < -0.3 is 9.84 Å². The highest BCUT2D eigenvalue weighted by Gasteiger charge is 2.37. The van der Waals surface area contributed by atoms with E-state index in [1.54, 1.807) is 0 Å². The zero-order valence-corrected chi connectivity index (χ0v) is 19.7. The van der Waals surface area contributed by atoms with Crippen LogP contribution >= 0.6 is 0 Å². The fourth-order valence-electron chi connectivity index (χ4n) is 5.25. The van der Waals surface area contributed by atoms with Gasteiger partial charge in [-0.25, -0.2) is 0 Å². The lowest BCUT2D eigenvalue weighted by atomic mass is 9.78. The molecule has 0 radical (unpaired) electrons. The summed E-state index contributed by atoms with van der Waals surface area (Å²) in [5.41, 5.74) is 4.81. The van der Waals surface area contributed by atoms with E-state index in [1.807, 2.05) is 18.2 Å². The van der Waals surface area contributed by atoms with Crippen molar-refractivity contribution in [2.24, 2.45) is 5.92 Å². The number of likely N-dealkylation sites (tertiary alicyclic amines) is 1. The van der Waals surface area contributed by atoms with Crippen molar-refractivity contribution in [3.8, 4) is 5.75 Å². The fraction of sp³-hybridized carbons (Fsp3) is 0.481. The number of carbonyl (C=O) groups is 1. The fourth-order valence-corrected chi connectivity index (χ4v) is 5.25. The number of allylic oxidation sites excluding steroid dienone is 1. The Morgan fingerprint density at radius 1 is 1.20 bits per heavy atom. The molecule has 0 bridgehead atoms. The van der Waals surface area contributed by atoms with Gasteiger partial charge in [0, 0.05) is 25.8 Å². The molecular formula is C27H29F3N2O3. The Labute approximate surface area is 202 Å². The van der Waals surface area contributed by atoms with Crippen LogP contribution in [-0.4, -0.2) is 40.6 Å². The Hall–Kier alpha value is -2.87. The van der Waals surface area contributed by atoms with E-state index >= 15 is 0 Å². The summed E-state index contributed by atoms with van der Waals surface area (Å²) in [5.74, 6) is -0.420. The molecule has 2 heterocycles. The lowest BCUT2D eigenvalue weighted by Crippen LogP contribution is -2.50. The largest absolute Gasteiger partial charge is 0.487 e. The molecule has 5 nitrogen and oxygen atoms in total. The van der Waals surface area contributed by atoms with Gasteiger partial charge in [0.05, 0.1) is 17.2 Å². The van der Waals surface area contributed by atoms with Gasteiger partial charge in [0.15, 0.2) is 0 Å². The molecule has 2 fully saturated rings. The maximum Gasteiger partial charge on any atom is 0.416 e. The monoisotopic (exact) mass is 486 g/mol. The van der Waals surface area contributed by atoms with Crippen molar-refractivity contribution in [3.63, 3.8) is 0 Å². The lowest BCUT2D eigenvalue weighted by Gasteiger charge is -2.38. The number of aromatic nitrogens is 1. The molecule has 1 aromatic carbocycles. The van der Waals surface area contributed by atoms with Crippen LogP contribution in [0.25, 0.3) is 5.57 Å². The number of carboxylic acid groups (broad SMARTS) is 1. The van der Waals surface area contributed by atoms with Crippen LogP contribution in [0.15, 0.2) is 36.0 Å². The molecule has 8 heteroatoms. The first-order valence-electron chi connectivity index (χ1n) is 12.1. The number of aryl methyl sites for hydroxylation is 1. The molecule has 35 heavy (non-hydrogen) atoms. The molecule has 0 atom stereocenters. The normalized spacial score (nSPS) is 19.2. The maximum absolute atomic E-state index is 13.6. The zero-order valence-electron chi connectivity index (χ0n) is 19.7. The first-order valence-corrected chi connectivity index (χ1v) is 12.1. The van der Waals surface area contributed by atoms with E-state index in [0.29, 0.717) is 24.4 Å². The number of halogens is 3. The average molecular weight is 487 g/mol. The molecular weight excluding hydrogens is 457 g/mol. The van der Waals surface area contributed by atoms with Crippen molar-refractivity contribution in [3.05, 3.63) is 64.0 Å². The second-order valence-electron chi connectivity index (χ2n) is 9.95. The number of alkyl halides is 3. The van der Waals surface area contributed by atoms with E-state index in [9.17, 15) is 18.0 Å².